The molecule has 1 aliphatic carbocycles. The first-order valence-electron chi connectivity index (χ1n) is 16.6. The van der Waals surface area contributed by atoms with E-state index in [1.807, 2.05) is 6.92 Å². The summed E-state index contributed by atoms with van der Waals surface area (Å²) in [6, 6.07) is 7.79. The van der Waals surface area contributed by atoms with Gasteiger partial charge in [0.15, 0.2) is 17.3 Å². The topological polar surface area (TPSA) is 187 Å². The van der Waals surface area contributed by atoms with Gasteiger partial charge < -0.3 is 25.6 Å². The van der Waals surface area contributed by atoms with Gasteiger partial charge in [0.2, 0.25) is 11.7 Å². The number of rotatable bonds is 6. The van der Waals surface area contributed by atoms with Crippen LogP contribution in [0.3, 0.4) is 0 Å². The molecule has 4 N–H and O–H groups in total. The van der Waals surface area contributed by atoms with Crippen LogP contribution in [0.1, 0.15) is 76.6 Å². The van der Waals surface area contributed by atoms with Crippen LogP contribution in [0.5, 0.6) is 5.75 Å². The predicted octanol–water partition coefficient (Wildman–Crippen LogP) is 4.43. The number of alkyl halides is 3. The van der Waals surface area contributed by atoms with Gasteiger partial charge >= 0.3 is 6.18 Å². The molecule has 18 heteroatoms. The van der Waals surface area contributed by atoms with Gasteiger partial charge in [-0.2, -0.15) is 22.7 Å². The minimum atomic E-state index is -4.63. The lowest BCUT2D eigenvalue weighted by molar-refractivity contribution is -0.137. The second-order valence-corrected chi connectivity index (χ2v) is 13.6. The molecule has 14 nitrogen and oxygen atoms in total. The van der Waals surface area contributed by atoms with Crippen LogP contribution in [0.15, 0.2) is 59.9 Å². The van der Waals surface area contributed by atoms with Crippen LogP contribution < -0.4 is 16.6 Å². The van der Waals surface area contributed by atoms with E-state index in [1.165, 1.54) is 12.5 Å². The molecule has 0 radical (unpaired) electrons. The standard InChI is InChI=1S/C35H32ClF3N10O4/c1-18-14-34(8-11-47(12-9-34)32(53)27-29(51)19(2)42-17-43-27)26-28(18)48(16-25(50)44-24-7-6-20(13-22(24)36)35(37,38)39)33-45-30(46-49(33)31(26)52)21(15-40)23-5-3-4-10-41-23/h3-7,10,13,15,17-18,51H,8-9,11-12,14,16,40H2,1-2H3,(H,44,50)/b21-15+. The Balaban J connectivity index is 1.29. The Morgan fingerprint density at radius 2 is 1.91 bits per heavy atom. The predicted molar refractivity (Wildman–Crippen MR) is 186 cm³/mol. The van der Waals surface area contributed by atoms with Crippen LogP contribution in [0, 0.1) is 6.92 Å². The molecule has 1 aliphatic heterocycles. The van der Waals surface area contributed by atoms with E-state index in [1.54, 1.807) is 40.8 Å². The Bertz CT molecular complexity index is 2370. The molecule has 7 rings (SSSR count). The van der Waals surface area contributed by atoms with E-state index < -0.39 is 41.1 Å². The number of fused-ring (bicyclic) bond motifs is 3. The third-order valence-electron chi connectivity index (χ3n) is 9.91. The monoisotopic (exact) mass is 748 g/mol. The Morgan fingerprint density at radius 3 is 2.57 bits per heavy atom. The first-order valence-corrected chi connectivity index (χ1v) is 16.9. The van der Waals surface area contributed by atoms with Crippen LogP contribution in [0.2, 0.25) is 5.02 Å². The summed E-state index contributed by atoms with van der Waals surface area (Å²) in [5.41, 5.74) is 5.76. The number of hydrogen-bond donors (Lipinski definition) is 3. The second kappa shape index (κ2) is 13.3. The number of carbonyl (C=O) groups excluding carboxylic acids is 2. The first kappa shape index (κ1) is 35.6. The molecule has 1 fully saturated rings. The van der Waals surface area contributed by atoms with Gasteiger partial charge in [0.25, 0.3) is 11.5 Å². The van der Waals surface area contributed by atoms with Crippen molar-refractivity contribution in [3.63, 3.8) is 0 Å². The number of pyridine rings is 1. The summed E-state index contributed by atoms with van der Waals surface area (Å²) in [5.74, 6) is -1.54. The summed E-state index contributed by atoms with van der Waals surface area (Å²) in [6.45, 7) is 3.60. The number of aromatic nitrogens is 7. The molecule has 2 aliphatic rings. The van der Waals surface area contributed by atoms with Crippen LogP contribution in [0.4, 0.5) is 18.9 Å². The molecule has 1 saturated heterocycles. The highest BCUT2D eigenvalue weighted by Crippen LogP contribution is 2.50. The maximum atomic E-state index is 14.5. The minimum absolute atomic E-state index is 0.0319. The van der Waals surface area contributed by atoms with E-state index in [0.29, 0.717) is 41.8 Å². The number of nitrogens with two attached hydrogens (primary N) is 1. The fraction of sp³-hybridized carbons (Fsp3) is 0.314. The molecule has 5 heterocycles. The molecular weight excluding hydrogens is 717 g/mol. The lowest BCUT2D eigenvalue weighted by atomic mass is 9.73. The zero-order valence-corrected chi connectivity index (χ0v) is 29.1. The number of benzene rings is 1. The van der Waals surface area contributed by atoms with Crippen molar-refractivity contribution in [2.45, 2.75) is 57.2 Å². The summed E-state index contributed by atoms with van der Waals surface area (Å²) in [6.07, 6.45) is 0.714. The number of piperidine rings is 1. The Hall–Kier alpha value is -5.84. The van der Waals surface area contributed by atoms with Gasteiger partial charge in [0.1, 0.15) is 12.9 Å². The van der Waals surface area contributed by atoms with Crippen molar-refractivity contribution in [2.75, 3.05) is 18.4 Å². The maximum Gasteiger partial charge on any atom is 0.416 e. The number of aromatic hydroxyl groups is 1. The fourth-order valence-corrected chi connectivity index (χ4v) is 7.65. The molecule has 1 aromatic carbocycles. The quantitative estimate of drug-likeness (QED) is 0.224. The minimum Gasteiger partial charge on any atom is -0.504 e. The smallest absolute Gasteiger partial charge is 0.416 e. The molecule has 1 spiro atoms. The third-order valence-corrected chi connectivity index (χ3v) is 10.2. The number of aryl methyl sites for hydroxylation is 1. The van der Waals surface area contributed by atoms with E-state index in [2.05, 4.69) is 30.4 Å². The maximum absolute atomic E-state index is 14.5. The largest absolute Gasteiger partial charge is 0.504 e. The van der Waals surface area contributed by atoms with Crippen molar-refractivity contribution in [3.8, 4) is 5.75 Å². The number of nitrogens with one attached hydrogen (secondary N) is 1. The van der Waals surface area contributed by atoms with Gasteiger partial charge in [-0.1, -0.05) is 24.6 Å². The van der Waals surface area contributed by atoms with Crippen molar-refractivity contribution in [2.24, 2.45) is 5.73 Å². The summed E-state index contributed by atoms with van der Waals surface area (Å²) in [5, 5.41) is 17.3. The Labute approximate surface area is 304 Å². The number of carbonyl (C=O) groups is 2. The normalized spacial score (nSPS) is 17.0. The molecule has 0 bridgehead atoms. The lowest BCUT2D eigenvalue weighted by Crippen LogP contribution is -2.46. The van der Waals surface area contributed by atoms with Crippen LogP contribution in [0.25, 0.3) is 11.4 Å². The van der Waals surface area contributed by atoms with Crippen molar-refractivity contribution in [1.82, 2.24) is 39.0 Å². The van der Waals surface area contributed by atoms with Crippen molar-refractivity contribution >= 4 is 40.5 Å². The van der Waals surface area contributed by atoms with Gasteiger partial charge in [0, 0.05) is 42.2 Å². The van der Waals surface area contributed by atoms with Gasteiger partial charge in [-0.25, -0.2) is 9.97 Å². The van der Waals surface area contributed by atoms with Gasteiger partial charge in [-0.05, 0) is 62.4 Å². The Kier molecular flexibility index (Phi) is 8.92. The lowest BCUT2D eigenvalue weighted by Gasteiger charge is -2.39. The van der Waals surface area contributed by atoms with E-state index in [-0.39, 0.29) is 58.5 Å². The molecule has 1 unspecified atom stereocenters. The van der Waals surface area contributed by atoms with Crippen molar-refractivity contribution in [1.29, 1.82) is 0 Å². The molecule has 1 atom stereocenters. The second-order valence-electron chi connectivity index (χ2n) is 13.2. The highest BCUT2D eigenvalue weighted by molar-refractivity contribution is 6.33. The molecule has 274 valence electrons. The summed E-state index contributed by atoms with van der Waals surface area (Å²) in [4.78, 5) is 60.1. The van der Waals surface area contributed by atoms with Crippen molar-refractivity contribution in [3.05, 3.63) is 110 Å². The van der Waals surface area contributed by atoms with Gasteiger partial charge in [-0.15, -0.1) is 5.10 Å². The number of anilines is 1. The van der Waals surface area contributed by atoms with E-state index >= 15 is 0 Å². The van der Waals surface area contributed by atoms with E-state index in [0.717, 1.165) is 22.7 Å². The molecular formula is C35H32ClF3N10O4. The van der Waals surface area contributed by atoms with E-state index in [9.17, 15) is 32.7 Å². The average molecular weight is 749 g/mol. The van der Waals surface area contributed by atoms with Crippen molar-refractivity contribution < 1.29 is 27.9 Å². The summed E-state index contributed by atoms with van der Waals surface area (Å²) >= 11 is 6.15. The van der Waals surface area contributed by atoms with Gasteiger partial charge in [0.05, 0.1) is 33.2 Å². The molecule has 5 aromatic rings. The number of likely N-dealkylation sites (tertiary alicyclic amines) is 1. The van der Waals surface area contributed by atoms with E-state index in [4.69, 9.17) is 17.3 Å². The third kappa shape index (κ3) is 6.23. The number of nitrogens with zero attached hydrogens (tertiary/aromatic N) is 8. The highest BCUT2D eigenvalue weighted by Gasteiger charge is 2.49. The average Bonchev–Trinajstić information content (AvgIpc) is 3.69. The fourth-order valence-electron chi connectivity index (χ4n) is 7.43. The molecule has 0 saturated carbocycles. The molecule has 53 heavy (non-hydrogen) atoms. The number of amides is 2. The zero-order chi connectivity index (χ0) is 37.8. The van der Waals surface area contributed by atoms with Crippen LogP contribution >= 0.6 is 11.6 Å². The highest BCUT2D eigenvalue weighted by atomic mass is 35.5. The summed E-state index contributed by atoms with van der Waals surface area (Å²) in [7, 11) is 0. The summed E-state index contributed by atoms with van der Waals surface area (Å²) < 4.78 is 42.5. The SMILES string of the molecule is Cc1ncnc(C(=O)N2CCC3(CC2)CC(C)c2c3c(=O)n3nc(/C(=C/N)c4ccccn4)nc3n2CC(=O)Nc2ccc(C(F)(F)F)cc2Cl)c1O. The van der Waals surface area contributed by atoms with Crippen LogP contribution in [-0.4, -0.2) is 69.0 Å². The zero-order valence-electron chi connectivity index (χ0n) is 28.4. The Morgan fingerprint density at radius 1 is 1.15 bits per heavy atom. The number of hydrogen-bond acceptors (Lipinski definition) is 10. The molecule has 2 amide bonds. The van der Waals surface area contributed by atoms with Crippen LogP contribution in [-0.2, 0) is 22.9 Å². The number of halogens is 4. The van der Waals surface area contributed by atoms with Gasteiger partial charge in [-0.3, -0.25) is 19.4 Å². The molecule has 4 aromatic heterocycles. The first-order chi connectivity index (χ1) is 25.2.